The van der Waals surface area contributed by atoms with Gasteiger partial charge in [0.1, 0.15) is 0 Å². The van der Waals surface area contributed by atoms with Crippen molar-refractivity contribution in [3.63, 3.8) is 0 Å². The Morgan fingerprint density at radius 3 is 2.29 bits per heavy atom. The SMILES string of the molecule is C=CP(=O)(O)C(=O)c1ccccc1.[NaH]. The van der Waals surface area contributed by atoms with Crippen LogP contribution in [0.5, 0.6) is 0 Å². The Bertz CT molecular complexity index is 375. The first-order valence-electron chi connectivity index (χ1n) is 3.64. The summed E-state index contributed by atoms with van der Waals surface area (Å²) >= 11 is 0. The Morgan fingerprint density at radius 1 is 1.36 bits per heavy atom. The number of carbonyl (C=O) groups excluding carboxylic acids is 1. The van der Waals surface area contributed by atoms with Gasteiger partial charge < -0.3 is 4.89 Å². The molecule has 0 saturated carbocycles. The molecule has 0 bridgehead atoms. The molecule has 1 atom stereocenters. The number of carbonyl (C=O) groups is 1. The molecule has 1 aromatic carbocycles. The summed E-state index contributed by atoms with van der Waals surface area (Å²) in [6, 6.07) is 7.99. The van der Waals surface area contributed by atoms with E-state index in [2.05, 4.69) is 6.58 Å². The van der Waals surface area contributed by atoms with Crippen molar-refractivity contribution in [1.82, 2.24) is 0 Å². The molecule has 0 amide bonds. The second-order valence-corrected chi connectivity index (χ2v) is 4.49. The van der Waals surface area contributed by atoms with E-state index in [-0.39, 0.29) is 35.1 Å². The summed E-state index contributed by atoms with van der Waals surface area (Å²) in [5.74, 6) is 0.794. The molecule has 0 aliphatic heterocycles. The molecule has 1 N–H and O–H groups in total. The molecule has 0 aromatic heterocycles. The molecule has 0 aliphatic rings. The Balaban J connectivity index is 0.00000169. The molecule has 1 unspecified atom stereocenters. The van der Waals surface area contributed by atoms with Crippen molar-refractivity contribution < 1.29 is 14.3 Å². The van der Waals surface area contributed by atoms with Crippen LogP contribution in [0.4, 0.5) is 0 Å². The Morgan fingerprint density at radius 2 is 1.86 bits per heavy atom. The minimum absolute atomic E-state index is 0. The maximum absolute atomic E-state index is 11.3. The molecule has 0 saturated heterocycles. The molecule has 3 nitrogen and oxygen atoms in total. The Labute approximate surface area is 105 Å². The fraction of sp³-hybridized carbons (Fsp3) is 0. The molecule has 0 aliphatic carbocycles. The standard InChI is InChI=1S/C9H9O3P.Na.H/c1-2-13(11,12)9(10)8-6-4-3-5-7-8;;/h2-7H,1H2,(H,11,12);;. The topological polar surface area (TPSA) is 54.4 Å². The third-order valence-corrected chi connectivity index (χ3v) is 2.89. The van der Waals surface area contributed by atoms with Gasteiger partial charge in [-0.15, -0.1) is 0 Å². The van der Waals surface area contributed by atoms with Crippen molar-refractivity contribution >= 4 is 42.5 Å². The summed E-state index contributed by atoms with van der Waals surface area (Å²) in [6.45, 7) is 3.14. The summed E-state index contributed by atoms with van der Waals surface area (Å²) < 4.78 is 11.2. The number of hydrogen-bond donors (Lipinski definition) is 1. The third-order valence-electron chi connectivity index (χ3n) is 1.56. The molecule has 0 fully saturated rings. The summed E-state index contributed by atoms with van der Waals surface area (Å²) in [5.41, 5.74) is -0.545. The predicted octanol–water partition coefficient (Wildman–Crippen LogP) is 1.59. The molecule has 70 valence electrons. The molecule has 0 radical (unpaired) electrons. The number of rotatable bonds is 3. The van der Waals surface area contributed by atoms with Crippen LogP contribution < -0.4 is 0 Å². The summed E-state index contributed by atoms with van der Waals surface area (Å²) in [6.07, 6.45) is 0. The zero-order valence-corrected chi connectivity index (χ0v) is 7.78. The van der Waals surface area contributed by atoms with E-state index in [1.165, 1.54) is 12.1 Å². The molecule has 5 heteroatoms. The van der Waals surface area contributed by atoms with E-state index in [0.29, 0.717) is 0 Å². The van der Waals surface area contributed by atoms with Crippen molar-refractivity contribution in [3.8, 4) is 0 Å². The van der Waals surface area contributed by atoms with Gasteiger partial charge in [0, 0.05) is 11.4 Å². The van der Waals surface area contributed by atoms with E-state index in [9.17, 15) is 9.36 Å². The van der Waals surface area contributed by atoms with Gasteiger partial charge in [0.05, 0.1) is 0 Å². The first-order chi connectivity index (χ1) is 6.08. The van der Waals surface area contributed by atoms with Gasteiger partial charge in [0.25, 0.3) is 12.9 Å². The van der Waals surface area contributed by atoms with E-state index in [1.54, 1.807) is 18.2 Å². The Hall–Kier alpha value is -0.180. The van der Waals surface area contributed by atoms with E-state index in [0.717, 1.165) is 5.82 Å². The molecular formula is C9H10NaO3P. The van der Waals surface area contributed by atoms with Gasteiger partial charge >= 0.3 is 29.6 Å². The minimum atomic E-state index is -3.86. The van der Waals surface area contributed by atoms with Gasteiger partial charge in [-0.25, -0.2) is 0 Å². The van der Waals surface area contributed by atoms with Crippen molar-refractivity contribution in [3.05, 3.63) is 48.3 Å². The first kappa shape index (κ1) is 13.8. The van der Waals surface area contributed by atoms with Crippen LogP contribution in [0.15, 0.2) is 42.7 Å². The molecule has 1 rings (SSSR count). The van der Waals surface area contributed by atoms with Gasteiger partial charge in [0.2, 0.25) is 0 Å². The van der Waals surface area contributed by atoms with Crippen molar-refractivity contribution in [2.45, 2.75) is 0 Å². The summed E-state index contributed by atoms with van der Waals surface area (Å²) in [7, 11) is -3.86. The van der Waals surface area contributed by atoms with Crippen molar-refractivity contribution in [1.29, 1.82) is 0 Å². The third kappa shape index (κ3) is 3.19. The summed E-state index contributed by atoms with van der Waals surface area (Å²) in [4.78, 5) is 20.4. The van der Waals surface area contributed by atoms with Crippen molar-refractivity contribution in [2.24, 2.45) is 0 Å². The van der Waals surface area contributed by atoms with E-state index in [4.69, 9.17) is 4.89 Å². The predicted molar refractivity (Wildman–Crippen MR) is 57.9 cm³/mol. The van der Waals surface area contributed by atoms with Gasteiger partial charge in [0.15, 0.2) is 0 Å². The quantitative estimate of drug-likeness (QED) is 0.621. The first-order valence-corrected chi connectivity index (χ1v) is 5.37. The van der Waals surface area contributed by atoms with E-state index >= 15 is 0 Å². The van der Waals surface area contributed by atoms with Crippen LogP contribution in [0.25, 0.3) is 0 Å². The zero-order valence-electron chi connectivity index (χ0n) is 6.88. The fourth-order valence-electron chi connectivity index (χ4n) is 0.849. The van der Waals surface area contributed by atoms with E-state index < -0.39 is 12.9 Å². The van der Waals surface area contributed by atoms with Crippen LogP contribution in [0.2, 0.25) is 0 Å². The van der Waals surface area contributed by atoms with Gasteiger partial charge in [-0.05, 0) is 0 Å². The zero-order chi connectivity index (χ0) is 9.90. The van der Waals surface area contributed by atoms with Crippen LogP contribution in [0, 0.1) is 0 Å². The second kappa shape index (κ2) is 5.64. The van der Waals surface area contributed by atoms with Crippen molar-refractivity contribution in [2.75, 3.05) is 0 Å². The van der Waals surface area contributed by atoms with Gasteiger partial charge in [-0.2, -0.15) is 0 Å². The molecule has 1 aromatic rings. The van der Waals surface area contributed by atoms with Crippen LogP contribution in [0.3, 0.4) is 0 Å². The molecule has 0 heterocycles. The van der Waals surface area contributed by atoms with Crippen LogP contribution in [-0.4, -0.2) is 40.0 Å². The Kier molecular flexibility index (Phi) is 5.57. The average Bonchev–Trinajstić information content (AvgIpc) is 2.18. The van der Waals surface area contributed by atoms with Crippen LogP contribution in [0.1, 0.15) is 10.4 Å². The number of benzene rings is 1. The fourth-order valence-corrected chi connectivity index (χ4v) is 1.53. The average molecular weight is 220 g/mol. The van der Waals surface area contributed by atoms with Crippen LogP contribution in [-0.2, 0) is 4.57 Å². The number of hydrogen-bond acceptors (Lipinski definition) is 2. The molecule has 0 spiro atoms. The summed E-state index contributed by atoms with van der Waals surface area (Å²) in [5, 5.41) is 0. The van der Waals surface area contributed by atoms with Gasteiger partial charge in [-0.1, -0.05) is 36.9 Å². The monoisotopic (exact) mass is 220 g/mol. The maximum atomic E-state index is 11.3. The van der Waals surface area contributed by atoms with Gasteiger partial charge in [-0.3, -0.25) is 9.36 Å². The van der Waals surface area contributed by atoms with Crippen LogP contribution >= 0.6 is 7.37 Å². The second-order valence-electron chi connectivity index (χ2n) is 2.48. The normalized spacial score (nSPS) is 13.5. The molecule has 14 heavy (non-hydrogen) atoms. The molecular weight excluding hydrogens is 210 g/mol. The van der Waals surface area contributed by atoms with E-state index in [1.807, 2.05) is 0 Å².